The van der Waals surface area contributed by atoms with E-state index in [9.17, 15) is 18.0 Å². The van der Waals surface area contributed by atoms with E-state index in [1.165, 1.54) is 38.5 Å². The summed E-state index contributed by atoms with van der Waals surface area (Å²) in [6.07, 6.45) is 2.31. The second kappa shape index (κ2) is 10.7. The predicted octanol–water partition coefficient (Wildman–Crippen LogP) is 6.40. The first-order valence-corrected chi connectivity index (χ1v) is 14.1. The summed E-state index contributed by atoms with van der Waals surface area (Å²) in [5.74, 6) is 0.406. The van der Waals surface area contributed by atoms with Crippen LogP contribution in [0, 0.1) is 12.7 Å². The molecule has 1 atom stereocenters. The van der Waals surface area contributed by atoms with E-state index >= 15 is 0 Å². The third-order valence-electron chi connectivity index (χ3n) is 8.72. The van der Waals surface area contributed by atoms with Crippen LogP contribution in [0.15, 0.2) is 30.3 Å². The average molecular weight is 570 g/mol. The summed E-state index contributed by atoms with van der Waals surface area (Å²) in [6.45, 7) is 5.70. The number of benzene rings is 2. The van der Waals surface area contributed by atoms with Gasteiger partial charge in [0.25, 0.3) is 6.43 Å². The van der Waals surface area contributed by atoms with Crippen molar-refractivity contribution in [2.75, 3.05) is 32.1 Å². The van der Waals surface area contributed by atoms with E-state index in [2.05, 4.69) is 20.2 Å². The number of aryl methyl sites for hydroxylation is 1. The van der Waals surface area contributed by atoms with E-state index in [4.69, 9.17) is 9.47 Å². The maximum atomic E-state index is 14.9. The Hall–Kier alpha value is -3.60. The van der Waals surface area contributed by atoms with E-state index in [0.29, 0.717) is 40.9 Å². The zero-order chi connectivity index (χ0) is 28.9. The molecule has 41 heavy (non-hydrogen) atoms. The Balaban J connectivity index is 1.27. The van der Waals surface area contributed by atoms with Crippen molar-refractivity contribution in [2.24, 2.45) is 0 Å². The monoisotopic (exact) mass is 569 g/mol. The Morgan fingerprint density at radius 3 is 2.54 bits per heavy atom. The van der Waals surface area contributed by atoms with Gasteiger partial charge in [0.1, 0.15) is 17.5 Å². The number of ether oxygens (including phenoxy) is 2. The summed E-state index contributed by atoms with van der Waals surface area (Å²) in [4.78, 5) is 26.9. The van der Waals surface area contributed by atoms with E-state index in [1.807, 2.05) is 4.90 Å². The van der Waals surface area contributed by atoms with Gasteiger partial charge in [0.2, 0.25) is 0 Å². The molecule has 0 unspecified atom stereocenters. The molecular weight excluding hydrogens is 535 g/mol. The lowest BCUT2D eigenvalue weighted by Crippen LogP contribution is -2.60. The molecule has 0 radical (unpaired) electrons. The molecule has 3 fully saturated rings. The molecule has 1 amide bonds. The van der Waals surface area contributed by atoms with Crippen LogP contribution in [-0.2, 0) is 0 Å². The maximum Gasteiger partial charge on any atom is 0.415 e. The minimum atomic E-state index is -2.93. The minimum absolute atomic E-state index is 0.0863. The van der Waals surface area contributed by atoms with Crippen LogP contribution in [0.2, 0.25) is 0 Å². The van der Waals surface area contributed by atoms with Crippen LogP contribution in [-0.4, -0.2) is 64.2 Å². The number of rotatable bonds is 7. The normalized spacial score (nSPS) is 19.3. The number of methoxy groups -OCH3 is 1. The first-order valence-electron chi connectivity index (χ1n) is 14.1. The quantitative estimate of drug-likeness (QED) is 0.353. The zero-order valence-electron chi connectivity index (χ0n) is 23.4. The Labute approximate surface area is 236 Å². The molecule has 6 rings (SSSR count). The van der Waals surface area contributed by atoms with Gasteiger partial charge in [0, 0.05) is 42.7 Å². The molecule has 2 heterocycles. The van der Waals surface area contributed by atoms with Crippen molar-refractivity contribution in [3.63, 3.8) is 0 Å². The van der Waals surface area contributed by atoms with Crippen molar-refractivity contribution in [1.29, 1.82) is 0 Å². The fourth-order valence-corrected chi connectivity index (χ4v) is 6.03. The van der Waals surface area contributed by atoms with Gasteiger partial charge in [-0.1, -0.05) is 24.6 Å². The van der Waals surface area contributed by atoms with Gasteiger partial charge in [-0.2, -0.15) is 0 Å². The van der Waals surface area contributed by atoms with E-state index < -0.39 is 29.9 Å². The summed E-state index contributed by atoms with van der Waals surface area (Å²) >= 11 is 0. The van der Waals surface area contributed by atoms with Gasteiger partial charge < -0.3 is 14.8 Å². The average Bonchev–Trinajstić information content (AvgIpc) is 3.66. The van der Waals surface area contributed by atoms with Gasteiger partial charge in [-0.3, -0.25) is 9.80 Å². The minimum Gasteiger partial charge on any atom is -0.493 e. The summed E-state index contributed by atoms with van der Waals surface area (Å²) in [5.41, 5.74) is -0.212. The second-order valence-electron chi connectivity index (χ2n) is 11.4. The zero-order valence-corrected chi connectivity index (χ0v) is 23.4. The van der Waals surface area contributed by atoms with Gasteiger partial charge in [0.15, 0.2) is 11.5 Å². The number of halogens is 3. The number of fused-ring (bicyclic) bond motifs is 1. The van der Waals surface area contributed by atoms with E-state index in [0.717, 1.165) is 32.0 Å². The number of nitrogens with one attached hydrogen (secondary N) is 1. The van der Waals surface area contributed by atoms with Crippen molar-refractivity contribution in [3.05, 3.63) is 53.1 Å². The number of hydrogen-bond donors (Lipinski definition) is 1. The molecule has 2 aliphatic carbocycles. The number of piperazine rings is 1. The summed E-state index contributed by atoms with van der Waals surface area (Å²) in [7, 11) is 1.49. The molecule has 8 nitrogen and oxygen atoms in total. The Morgan fingerprint density at radius 1 is 1.12 bits per heavy atom. The highest BCUT2D eigenvalue weighted by Crippen LogP contribution is 2.46. The topological polar surface area (TPSA) is 79.8 Å². The number of carbonyl (C=O) groups is 1. The highest BCUT2D eigenvalue weighted by atomic mass is 19.3. The van der Waals surface area contributed by atoms with Crippen molar-refractivity contribution in [3.8, 4) is 11.5 Å². The van der Waals surface area contributed by atoms with E-state index in [-0.39, 0.29) is 16.9 Å². The summed E-state index contributed by atoms with van der Waals surface area (Å²) < 4.78 is 53.0. The fourth-order valence-electron chi connectivity index (χ4n) is 6.03. The van der Waals surface area contributed by atoms with Gasteiger partial charge in [-0.25, -0.2) is 27.9 Å². The fraction of sp³-hybridized carbons (Fsp3) is 0.500. The van der Waals surface area contributed by atoms with Crippen LogP contribution >= 0.6 is 0 Å². The van der Waals surface area contributed by atoms with Crippen LogP contribution in [0.1, 0.15) is 68.4 Å². The molecule has 1 aromatic heterocycles. The third-order valence-corrected chi connectivity index (χ3v) is 8.72. The number of amides is 1. The first-order chi connectivity index (χ1) is 19.7. The van der Waals surface area contributed by atoms with Crippen LogP contribution in [0.25, 0.3) is 10.9 Å². The lowest BCUT2D eigenvalue weighted by molar-refractivity contribution is 0.0196. The van der Waals surface area contributed by atoms with Crippen molar-refractivity contribution in [1.82, 2.24) is 19.8 Å². The van der Waals surface area contributed by atoms with Gasteiger partial charge in [-0.15, -0.1) is 0 Å². The highest BCUT2D eigenvalue weighted by Gasteiger charge is 2.55. The number of hydrogen-bond acceptors (Lipinski definition) is 7. The molecule has 2 aromatic carbocycles. The summed E-state index contributed by atoms with van der Waals surface area (Å²) in [6, 6.07) is 7.19. The van der Waals surface area contributed by atoms with E-state index in [1.54, 1.807) is 26.0 Å². The number of carbonyl (C=O) groups excluding carboxylic acids is 1. The van der Waals surface area contributed by atoms with Gasteiger partial charge >= 0.3 is 6.09 Å². The molecule has 3 aliphatic rings. The first kappa shape index (κ1) is 27.6. The van der Waals surface area contributed by atoms with Gasteiger partial charge in [0.05, 0.1) is 29.8 Å². The van der Waals surface area contributed by atoms with Crippen LogP contribution < -0.4 is 14.8 Å². The number of nitrogens with zero attached hydrogens (tertiary/aromatic N) is 4. The molecule has 1 N–H and O–H groups in total. The molecular formula is C30H34F3N5O3. The number of aromatic nitrogens is 2. The Bertz CT molecular complexity index is 1480. The summed E-state index contributed by atoms with van der Waals surface area (Å²) in [5, 5.41) is 3.67. The molecule has 218 valence electrons. The lowest BCUT2D eigenvalue weighted by atomic mass is 9.90. The molecule has 0 bridgehead atoms. The van der Waals surface area contributed by atoms with Crippen LogP contribution in [0.3, 0.4) is 0 Å². The molecule has 2 saturated carbocycles. The lowest BCUT2D eigenvalue weighted by Gasteiger charge is -2.47. The maximum absolute atomic E-state index is 14.9. The molecule has 1 spiro atoms. The number of alkyl halides is 2. The molecule has 11 heteroatoms. The molecule has 1 saturated heterocycles. The predicted molar refractivity (Wildman–Crippen MR) is 148 cm³/mol. The Kier molecular flexibility index (Phi) is 7.17. The van der Waals surface area contributed by atoms with Crippen LogP contribution in [0.4, 0.5) is 23.8 Å². The van der Waals surface area contributed by atoms with Gasteiger partial charge in [-0.05, 0) is 45.6 Å². The largest absolute Gasteiger partial charge is 0.493 e. The van der Waals surface area contributed by atoms with Crippen molar-refractivity contribution < 1.29 is 27.4 Å². The van der Waals surface area contributed by atoms with Crippen LogP contribution in [0.5, 0.6) is 11.5 Å². The smallest absolute Gasteiger partial charge is 0.415 e. The highest BCUT2D eigenvalue weighted by molar-refractivity contribution is 5.92. The molecule has 1 aliphatic heterocycles. The molecule has 3 aromatic rings. The SMILES string of the molecule is COc1cc2nc(C)nc(N[C@H](C)c3cccc(C(F)F)c3F)c2cc1OC(=O)N1CCN(C2CCC2)CC12CC2. The van der Waals surface area contributed by atoms with Crippen molar-refractivity contribution in [2.45, 2.75) is 70.0 Å². The standard InChI is InChI=1S/C30H34F3N5O3/c1-17(20-8-5-9-21(26(20)31)27(32)33)34-28-22-14-25(24(40-3)15-23(22)35-18(2)36-28)41-29(39)38-13-12-37(19-6-4-7-19)16-30(38)10-11-30/h5,8-9,14-15,17,19,27H,4,6-7,10-13,16H2,1-3H3,(H,34,35,36)/t17-/m1/s1. The Morgan fingerprint density at radius 2 is 1.88 bits per heavy atom. The second-order valence-corrected chi connectivity index (χ2v) is 11.4. The number of anilines is 1. The third kappa shape index (κ3) is 5.16. The van der Waals surface area contributed by atoms with Crippen molar-refractivity contribution >= 4 is 22.8 Å².